The maximum absolute atomic E-state index is 9.62. The fraction of sp³-hybridized carbons (Fsp3) is 0.538. The van der Waals surface area contributed by atoms with Gasteiger partial charge in [-0.05, 0) is 42.9 Å². The van der Waals surface area contributed by atoms with Crippen LogP contribution in [-0.2, 0) is 0 Å². The lowest BCUT2D eigenvalue weighted by Gasteiger charge is -2.26. The van der Waals surface area contributed by atoms with Gasteiger partial charge in [-0.25, -0.2) is 0 Å². The molecule has 2 atom stereocenters. The van der Waals surface area contributed by atoms with E-state index in [1.165, 1.54) is 12.0 Å². The molecule has 2 nitrogen and oxygen atoms in total. The van der Waals surface area contributed by atoms with Gasteiger partial charge in [-0.1, -0.05) is 18.6 Å². The molecule has 2 unspecified atom stereocenters. The molecule has 1 aliphatic carbocycles. The van der Waals surface area contributed by atoms with Crippen molar-refractivity contribution in [2.45, 2.75) is 37.7 Å². The van der Waals surface area contributed by atoms with Crippen molar-refractivity contribution >= 4 is 0 Å². The molecule has 2 rings (SSSR count). The third-order valence-corrected chi connectivity index (χ3v) is 3.23. The summed E-state index contributed by atoms with van der Waals surface area (Å²) in [6, 6.07) is 8.22. The molecule has 0 heterocycles. The van der Waals surface area contributed by atoms with Crippen LogP contribution in [0.15, 0.2) is 24.3 Å². The number of rotatable bonds is 2. The highest BCUT2D eigenvalue weighted by molar-refractivity contribution is 5.29. The van der Waals surface area contributed by atoms with Crippen molar-refractivity contribution in [3.05, 3.63) is 29.8 Å². The Bertz CT molecular complexity index is 305. The quantitative estimate of drug-likeness (QED) is 0.806. The third kappa shape index (κ3) is 2.51. The van der Waals surface area contributed by atoms with Crippen molar-refractivity contribution in [1.82, 2.24) is 0 Å². The Kier molecular flexibility index (Phi) is 3.27. The van der Waals surface area contributed by atoms with E-state index in [0.29, 0.717) is 5.92 Å². The molecular weight excluding hydrogens is 188 g/mol. The molecule has 0 amide bonds. The molecule has 0 saturated heterocycles. The molecule has 0 aliphatic heterocycles. The average Bonchev–Trinajstić information content (AvgIpc) is 2.29. The molecule has 82 valence electrons. The maximum atomic E-state index is 9.62. The second-order valence-electron chi connectivity index (χ2n) is 4.29. The first-order valence-corrected chi connectivity index (χ1v) is 5.61. The zero-order valence-corrected chi connectivity index (χ0v) is 9.15. The van der Waals surface area contributed by atoms with Gasteiger partial charge in [0.25, 0.3) is 0 Å². The minimum absolute atomic E-state index is 0.106. The van der Waals surface area contributed by atoms with E-state index in [1.807, 2.05) is 12.1 Å². The summed E-state index contributed by atoms with van der Waals surface area (Å²) in [5, 5.41) is 9.62. The Morgan fingerprint density at radius 3 is 2.53 bits per heavy atom. The van der Waals surface area contributed by atoms with Crippen molar-refractivity contribution in [2.75, 3.05) is 7.11 Å². The third-order valence-electron chi connectivity index (χ3n) is 3.23. The lowest BCUT2D eigenvalue weighted by molar-refractivity contribution is 0.119. The van der Waals surface area contributed by atoms with Crippen LogP contribution in [0.3, 0.4) is 0 Å². The molecule has 1 aliphatic rings. The van der Waals surface area contributed by atoms with Crippen LogP contribution in [-0.4, -0.2) is 18.3 Å². The van der Waals surface area contributed by atoms with E-state index in [4.69, 9.17) is 4.74 Å². The van der Waals surface area contributed by atoms with Crippen LogP contribution in [0.4, 0.5) is 0 Å². The van der Waals surface area contributed by atoms with Gasteiger partial charge in [-0.15, -0.1) is 0 Å². The summed E-state index contributed by atoms with van der Waals surface area (Å²) in [6.07, 6.45) is 4.10. The van der Waals surface area contributed by atoms with E-state index in [1.54, 1.807) is 7.11 Å². The predicted octanol–water partition coefficient (Wildman–Crippen LogP) is 2.71. The van der Waals surface area contributed by atoms with Gasteiger partial charge in [0.1, 0.15) is 5.75 Å². The first-order valence-electron chi connectivity index (χ1n) is 5.61. The normalized spacial score (nSPS) is 26.3. The van der Waals surface area contributed by atoms with Gasteiger partial charge in [-0.2, -0.15) is 0 Å². The van der Waals surface area contributed by atoms with Crippen LogP contribution in [0, 0.1) is 0 Å². The Morgan fingerprint density at radius 1 is 1.20 bits per heavy atom. The smallest absolute Gasteiger partial charge is 0.118 e. The predicted molar refractivity (Wildman–Crippen MR) is 60.2 cm³/mol. The van der Waals surface area contributed by atoms with Crippen LogP contribution in [0.25, 0.3) is 0 Å². The fourth-order valence-corrected chi connectivity index (χ4v) is 2.34. The van der Waals surface area contributed by atoms with E-state index in [-0.39, 0.29) is 6.10 Å². The second kappa shape index (κ2) is 4.67. The van der Waals surface area contributed by atoms with Crippen LogP contribution in [0.1, 0.15) is 37.2 Å². The van der Waals surface area contributed by atoms with Crippen molar-refractivity contribution in [3.63, 3.8) is 0 Å². The Labute approximate surface area is 90.9 Å². The largest absolute Gasteiger partial charge is 0.497 e. The highest BCUT2D eigenvalue weighted by Crippen LogP contribution is 2.33. The number of aliphatic hydroxyl groups is 1. The summed E-state index contributed by atoms with van der Waals surface area (Å²) in [5.74, 6) is 1.43. The zero-order chi connectivity index (χ0) is 10.7. The molecule has 0 radical (unpaired) electrons. The first kappa shape index (κ1) is 10.5. The van der Waals surface area contributed by atoms with Crippen molar-refractivity contribution in [3.8, 4) is 5.75 Å². The molecule has 0 aromatic heterocycles. The Balaban J connectivity index is 2.07. The molecule has 1 N–H and O–H groups in total. The van der Waals surface area contributed by atoms with Gasteiger partial charge in [0.2, 0.25) is 0 Å². The van der Waals surface area contributed by atoms with Crippen molar-refractivity contribution < 1.29 is 9.84 Å². The molecule has 0 spiro atoms. The maximum Gasteiger partial charge on any atom is 0.118 e. The molecule has 1 saturated carbocycles. The second-order valence-corrected chi connectivity index (χ2v) is 4.29. The van der Waals surface area contributed by atoms with Crippen molar-refractivity contribution in [2.24, 2.45) is 0 Å². The zero-order valence-electron chi connectivity index (χ0n) is 9.15. The average molecular weight is 206 g/mol. The summed E-state index contributed by atoms with van der Waals surface area (Å²) < 4.78 is 5.13. The molecule has 15 heavy (non-hydrogen) atoms. The van der Waals surface area contributed by atoms with Gasteiger partial charge in [0.05, 0.1) is 13.2 Å². The molecule has 0 bridgehead atoms. The molecule has 1 fully saturated rings. The lowest BCUT2D eigenvalue weighted by atomic mass is 9.82. The summed E-state index contributed by atoms with van der Waals surface area (Å²) in [7, 11) is 1.68. The SMILES string of the molecule is COc1ccc(C2CCCC(O)C2)cc1. The minimum Gasteiger partial charge on any atom is -0.497 e. The molecular formula is C13H18O2. The Hall–Kier alpha value is -1.02. The van der Waals surface area contributed by atoms with Crippen LogP contribution in [0.5, 0.6) is 5.75 Å². The molecule has 2 heteroatoms. The highest BCUT2D eigenvalue weighted by atomic mass is 16.5. The van der Waals surface area contributed by atoms with Gasteiger partial charge >= 0.3 is 0 Å². The number of hydrogen-bond acceptors (Lipinski definition) is 2. The number of aliphatic hydroxyl groups excluding tert-OH is 1. The number of hydrogen-bond donors (Lipinski definition) is 1. The fourth-order valence-electron chi connectivity index (χ4n) is 2.34. The van der Waals surface area contributed by atoms with E-state index < -0.39 is 0 Å². The summed E-state index contributed by atoms with van der Waals surface area (Å²) in [4.78, 5) is 0. The van der Waals surface area contributed by atoms with Gasteiger partial charge in [0, 0.05) is 0 Å². The van der Waals surface area contributed by atoms with Crippen LogP contribution >= 0.6 is 0 Å². The molecule has 1 aromatic rings. The molecule has 1 aromatic carbocycles. The standard InChI is InChI=1S/C13H18O2/c1-15-13-7-5-10(6-8-13)11-3-2-4-12(14)9-11/h5-8,11-12,14H,2-4,9H2,1H3. The summed E-state index contributed by atoms with van der Waals surface area (Å²) in [5.41, 5.74) is 1.33. The highest BCUT2D eigenvalue weighted by Gasteiger charge is 2.21. The number of benzene rings is 1. The minimum atomic E-state index is -0.106. The lowest BCUT2D eigenvalue weighted by Crippen LogP contribution is -2.18. The van der Waals surface area contributed by atoms with E-state index in [0.717, 1.165) is 25.0 Å². The monoisotopic (exact) mass is 206 g/mol. The van der Waals surface area contributed by atoms with Crippen molar-refractivity contribution in [1.29, 1.82) is 0 Å². The van der Waals surface area contributed by atoms with Gasteiger partial charge < -0.3 is 9.84 Å². The van der Waals surface area contributed by atoms with Crippen LogP contribution in [0.2, 0.25) is 0 Å². The van der Waals surface area contributed by atoms with Crippen LogP contribution < -0.4 is 4.74 Å². The number of ether oxygens (including phenoxy) is 1. The Morgan fingerprint density at radius 2 is 1.93 bits per heavy atom. The van der Waals surface area contributed by atoms with Gasteiger partial charge in [0.15, 0.2) is 0 Å². The topological polar surface area (TPSA) is 29.5 Å². The number of methoxy groups -OCH3 is 1. The summed E-state index contributed by atoms with van der Waals surface area (Å²) in [6.45, 7) is 0. The van der Waals surface area contributed by atoms with E-state index in [9.17, 15) is 5.11 Å². The van der Waals surface area contributed by atoms with E-state index >= 15 is 0 Å². The first-order chi connectivity index (χ1) is 7.29. The summed E-state index contributed by atoms with van der Waals surface area (Å²) >= 11 is 0. The van der Waals surface area contributed by atoms with Gasteiger partial charge in [-0.3, -0.25) is 0 Å². The van der Waals surface area contributed by atoms with E-state index in [2.05, 4.69) is 12.1 Å².